The number of halogens is 2. The van der Waals surface area contributed by atoms with Crippen LogP contribution in [0, 0.1) is 0 Å². The molecule has 0 atom stereocenters. The van der Waals surface area contributed by atoms with Crippen LogP contribution < -0.4 is 3.93 Å². The average Bonchev–Trinajstić information content (AvgIpc) is 2.46. The van der Waals surface area contributed by atoms with E-state index in [1.807, 2.05) is 0 Å². The SMILES string of the molecule is Cl.O=S(=O)(O)c1ccc2c(c1)N(Br)CC2. The summed E-state index contributed by atoms with van der Waals surface area (Å²) in [4.78, 5) is -0.0670. The fourth-order valence-electron chi connectivity index (χ4n) is 1.48. The van der Waals surface area contributed by atoms with Crippen molar-refractivity contribution in [1.29, 1.82) is 0 Å². The topological polar surface area (TPSA) is 57.6 Å². The lowest BCUT2D eigenvalue weighted by Crippen LogP contribution is -2.04. The number of hydrogen-bond donors (Lipinski definition) is 1. The molecular weight excluding hydrogens is 306 g/mol. The van der Waals surface area contributed by atoms with Crippen LogP contribution in [0.1, 0.15) is 5.56 Å². The van der Waals surface area contributed by atoms with E-state index in [0.717, 1.165) is 24.2 Å². The minimum Gasteiger partial charge on any atom is -0.308 e. The van der Waals surface area contributed by atoms with E-state index >= 15 is 0 Å². The van der Waals surface area contributed by atoms with Crippen LogP contribution in [-0.4, -0.2) is 19.5 Å². The van der Waals surface area contributed by atoms with Crippen LogP contribution in [0.15, 0.2) is 23.1 Å². The lowest BCUT2D eigenvalue weighted by Gasteiger charge is -2.09. The van der Waals surface area contributed by atoms with Crippen molar-refractivity contribution in [2.75, 3.05) is 10.5 Å². The highest BCUT2D eigenvalue weighted by molar-refractivity contribution is 9.10. The van der Waals surface area contributed by atoms with Crippen molar-refractivity contribution in [3.8, 4) is 0 Å². The Morgan fingerprint density at radius 1 is 1.40 bits per heavy atom. The fourth-order valence-corrected chi connectivity index (χ4v) is 2.49. The van der Waals surface area contributed by atoms with Gasteiger partial charge in [-0.2, -0.15) is 8.42 Å². The van der Waals surface area contributed by atoms with Crippen molar-refractivity contribution in [2.24, 2.45) is 0 Å². The summed E-state index contributed by atoms with van der Waals surface area (Å²) in [5, 5.41) is 0. The molecule has 0 bridgehead atoms. The lowest BCUT2D eigenvalue weighted by molar-refractivity contribution is 0.483. The fraction of sp³-hybridized carbons (Fsp3) is 0.250. The molecule has 0 unspecified atom stereocenters. The Morgan fingerprint density at radius 3 is 2.67 bits per heavy atom. The normalized spacial score (nSPS) is 14.7. The monoisotopic (exact) mass is 313 g/mol. The number of anilines is 1. The van der Waals surface area contributed by atoms with E-state index < -0.39 is 10.1 Å². The van der Waals surface area contributed by atoms with E-state index in [0.29, 0.717) is 0 Å². The van der Waals surface area contributed by atoms with Crippen LogP contribution in [0.5, 0.6) is 0 Å². The highest BCUT2D eigenvalue weighted by atomic mass is 79.9. The zero-order valence-corrected chi connectivity index (χ0v) is 10.8. The van der Waals surface area contributed by atoms with Crippen molar-refractivity contribution >= 4 is 44.4 Å². The van der Waals surface area contributed by atoms with Gasteiger partial charge in [0, 0.05) is 22.7 Å². The molecule has 0 amide bonds. The molecule has 15 heavy (non-hydrogen) atoms. The van der Waals surface area contributed by atoms with Gasteiger partial charge in [0.05, 0.1) is 10.6 Å². The van der Waals surface area contributed by atoms with E-state index in [9.17, 15) is 8.42 Å². The molecule has 4 nitrogen and oxygen atoms in total. The standard InChI is InChI=1S/C8H8BrNO3S.ClH/c9-10-4-3-6-1-2-7(5-8(6)10)14(11,12)13;/h1-2,5H,3-4H2,(H,11,12,13);1H. The second-order valence-corrected chi connectivity index (χ2v) is 5.38. The summed E-state index contributed by atoms with van der Waals surface area (Å²) in [6.45, 7) is 0.810. The Bertz CT molecular complexity index is 477. The maximum Gasteiger partial charge on any atom is 0.294 e. The van der Waals surface area contributed by atoms with E-state index in [4.69, 9.17) is 4.55 Å². The summed E-state index contributed by atoms with van der Waals surface area (Å²) in [5.74, 6) is 0. The van der Waals surface area contributed by atoms with Gasteiger partial charge >= 0.3 is 0 Å². The Kier molecular flexibility index (Phi) is 3.65. The van der Waals surface area contributed by atoms with Crippen LogP contribution in [0.3, 0.4) is 0 Å². The third-order valence-electron chi connectivity index (χ3n) is 2.19. The van der Waals surface area contributed by atoms with Crippen molar-refractivity contribution in [3.05, 3.63) is 23.8 Å². The van der Waals surface area contributed by atoms with Gasteiger partial charge in [0.25, 0.3) is 10.1 Å². The largest absolute Gasteiger partial charge is 0.308 e. The van der Waals surface area contributed by atoms with E-state index in [1.54, 1.807) is 9.99 Å². The van der Waals surface area contributed by atoms with E-state index in [-0.39, 0.29) is 17.3 Å². The molecule has 1 N–H and O–H groups in total. The molecule has 1 aliphatic rings. The Balaban J connectivity index is 0.00000112. The van der Waals surface area contributed by atoms with Gasteiger partial charge in [0.15, 0.2) is 0 Å². The van der Waals surface area contributed by atoms with Gasteiger partial charge in [-0.1, -0.05) is 6.07 Å². The molecular formula is C8H9BrClNO3S. The van der Waals surface area contributed by atoms with Gasteiger partial charge in [-0.3, -0.25) is 4.55 Å². The molecule has 1 aromatic rings. The minimum atomic E-state index is -4.10. The summed E-state index contributed by atoms with van der Waals surface area (Å²) >= 11 is 3.29. The number of rotatable bonds is 1. The molecule has 2 rings (SSSR count). The van der Waals surface area contributed by atoms with E-state index in [2.05, 4.69) is 16.1 Å². The molecule has 1 heterocycles. The highest BCUT2D eigenvalue weighted by Gasteiger charge is 2.20. The summed E-state index contributed by atoms with van der Waals surface area (Å²) in [5.41, 5.74) is 1.88. The van der Waals surface area contributed by atoms with Crippen LogP contribution >= 0.6 is 28.6 Å². The molecule has 0 aromatic heterocycles. The molecule has 0 radical (unpaired) electrons. The molecule has 0 saturated carbocycles. The van der Waals surface area contributed by atoms with E-state index in [1.165, 1.54) is 12.1 Å². The van der Waals surface area contributed by atoms with Gasteiger partial charge in [-0.05, 0) is 24.1 Å². The molecule has 1 aromatic carbocycles. The number of nitrogens with zero attached hydrogens (tertiary/aromatic N) is 1. The number of benzene rings is 1. The third kappa shape index (κ3) is 2.44. The summed E-state index contributed by atoms with van der Waals surface area (Å²) in [6.07, 6.45) is 0.881. The van der Waals surface area contributed by atoms with Gasteiger partial charge in [-0.15, -0.1) is 12.4 Å². The summed E-state index contributed by atoms with van der Waals surface area (Å²) in [7, 11) is -4.10. The molecule has 1 aliphatic heterocycles. The quantitative estimate of drug-likeness (QED) is 0.636. The maximum absolute atomic E-state index is 10.9. The first-order valence-electron chi connectivity index (χ1n) is 4.02. The molecule has 84 valence electrons. The second kappa shape index (κ2) is 4.29. The maximum atomic E-state index is 10.9. The van der Waals surface area contributed by atoms with Crippen molar-refractivity contribution in [3.63, 3.8) is 0 Å². The predicted octanol–water partition coefficient (Wildman–Crippen LogP) is 2.03. The van der Waals surface area contributed by atoms with Gasteiger partial charge in [0.2, 0.25) is 0 Å². The highest BCUT2D eigenvalue weighted by Crippen LogP contribution is 2.32. The molecule has 0 saturated heterocycles. The first-order chi connectivity index (χ1) is 6.48. The van der Waals surface area contributed by atoms with Crippen LogP contribution in [0.25, 0.3) is 0 Å². The van der Waals surface area contributed by atoms with Crippen LogP contribution in [0.4, 0.5) is 5.69 Å². The lowest BCUT2D eigenvalue weighted by atomic mass is 10.2. The van der Waals surface area contributed by atoms with Crippen molar-refractivity contribution in [2.45, 2.75) is 11.3 Å². The first kappa shape index (κ1) is 12.8. The minimum absolute atomic E-state index is 0. The molecule has 0 fully saturated rings. The predicted molar refractivity (Wildman–Crippen MR) is 63.5 cm³/mol. The van der Waals surface area contributed by atoms with Gasteiger partial charge in [-0.25, -0.2) is 0 Å². The third-order valence-corrected chi connectivity index (χ3v) is 3.78. The molecule has 7 heteroatoms. The van der Waals surface area contributed by atoms with Gasteiger partial charge < -0.3 is 3.93 Å². The number of hydrogen-bond acceptors (Lipinski definition) is 3. The Labute approximate surface area is 103 Å². The summed E-state index contributed by atoms with van der Waals surface area (Å²) in [6, 6.07) is 4.60. The average molecular weight is 315 g/mol. The number of fused-ring (bicyclic) bond motifs is 1. The zero-order chi connectivity index (χ0) is 10.3. The summed E-state index contributed by atoms with van der Waals surface area (Å²) < 4.78 is 32.4. The van der Waals surface area contributed by atoms with Crippen LogP contribution in [-0.2, 0) is 16.5 Å². The van der Waals surface area contributed by atoms with Crippen molar-refractivity contribution in [1.82, 2.24) is 0 Å². The van der Waals surface area contributed by atoms with Crippen LogP contribution in [0.2, 0.25) is 0 Å². The first-order valence-corrected chi connectivity index (χ1v) is 6.17. The smallest absolute Gasteiger partial charge is 0.294 e. The zero-order valence-electron chi connectivity index (χ0n) is 7.55. The van der Waals surface area contributed by atoms with Gasteiger partial charge in [0.1, 0.15) is 0 Å². The Hall–Kier alpha value is -0.300. The Morgan fingerprint density at radius 2 is 2.07 bits per heavy atom. The molecule has 0 spiro atoms. The van der Waals surface area contributed by atoms with Crippen molar-refractivity contribution < 1.29 is 13.0 Å². The molecule has 0 aliphatic carbocycles. The second-order valence-electron chi connectivity index (χ2n) is 3.10.